The summed E-state index contributed by atoms with van der Waals surface area (Å²) in [6, 6.07) is 14.6. The van der Waals surface area contributed by atoms with Crippen molar-refractivity contribution in [3.05, 3.63) is 77.4 Å². The number of imidazole rings is 1. The van der Waals surface area contributed by atoms with E-state index >= 15 is 0 Å². The third-order valence-corrected chi connectivity index (χ3v) is 4.36. The molecule has 7 heteroatoms. The molecule has 0 fully saturated rings. The number of para-hydroxylation sites is 2. The van der Waals surface area contributed by atoms with Crippen LogP contribution in [0.25, 0.3) is 11.0 Å². The molecule has 136 valence electrons. The molecular weight excluding hydrogens is 344 g/mol. The molecule has 0 aliphatic heterocycles. The average molecular weight is 362 g/mol. The van der Waals surface area contributed by atoms with Crippen LogP contribution in [0.15, 0.2) is 59.4 Å². The number of hydrogen-bond acceptors (Lipinski definition) is 5. The molecule has 4 rings (SSSR count). The third kappa shape index (κ3) is 3.39. The largest absolute Gasteiger partial charge is 0.489 e. The highest BCUT2D eigenvalue weighted by atomic mass is 16.5. The summed E-state index contributed by atoms with van der Waals surface area (Å²) in [5.74, 6) is 1.19. The minimum atomic E-state index is -0.226. The maximum atomic E-state index is 12.5. The third-order valence-electron chi connectivity index (χ3n) is 4.36. The number of benzene rings is 2. The number of carbonyl (C=O) groups is 1. The van der Waals surface area contributed by atoms with E-state index in [0.29, 0.717) is 17.9 Å². The van der Waals surface area contributed by atoms with Crippen LogP contribution in [0, 0.1) is 13.8 Å². The Bertz CT molecular complexity index is 1080. The summed E-state index contributed by atoms with van der Waals surface area (Å²) < 4.78 is 12.5. The van der Waals surface area contributed by atoms with Crippen LogP contribution in [0.1, 0.15) is 27.4 Å². The number of hydrogen-bond donors (Lipinski definition) is 1. The average Bonchev–Trinajstić information content (AvgIpc) is 3.24. The monoisotopic (exact) mass is 362 g/mol. The molecule has 27 heavy (non-hydrogen) atoms. The molecule has 0 saturated heterocycles. The lowest BCUT2D eigenvalue weighted by atomic mass is 10.2. The molecule has 1 amide bonds. The SMILES string of the molecule is Cc1noc(C)c1COc1ccc(C(=O)Nn2cnc3ccccc32)cc1. The number of amides is 1. The normalized spacial score (nSPS) is 10.9. The maximum Gasteiger partial charge on any atom is 0.270 e. The number of nitrogens with one attached hydrogen (secondary N) is 1. The number of ether oxygens (including phenoxy) is 1. The number of nitrogens with zero attached hydrogens (tertiary/aromatic N) is 3. The summed E-state index contributed by atoms with van der Waals surface area (Å²) in [4.78, 5) is 16.7. The summed E-state index contributed by atoms with van der Waals surface area (Å²) >= 11 is 0. The van der Waals surface area contributed by atoms with Crippen LogP contribution in [0.2, 0.25) is 0 Å². The first-order chi connectivity index (χ1) is 13.1. The van der Waals surface area contributed by atoms with Gasteiger partial charge in [0.1, 0.15) is 24.4 Å². The van der Waals surface area contributed by atoms with Gasteiger partial charge in [0.25, 0.3) is 5.91 Å². The van der Waals surface area contributed by atoms with E-state index in [-0.39, 0.29) is 5.91 Å². The van der Waals surface area contributed by atoms with Crippen molar-refractivity contribution in [3.63, 3.8) is 0 Å². The van der Waals surface area contributed by atoms with Gasteiger partial charge in [0.2, 0.25) is 0 Å². The fourth-order valence-electron chi connectivity index (χ4n) is 2.79. The van der Waals surface area contributed by atoms with Crippen molar-refractivity contribution in [1.82, 2.24) is 14.8 Å². The first-order valence-corrected chi connectivity index (χ1v) is 8.50. The zero-order valence-corrected chi connectivity index (χ0v) is 15.0. The Morgan fingerprint density at radius 2 is 1.93 bits per heavy atom. The Morgan fingerprint density at radius 1 is 1.15 bits per heavy atom. The zero-order valence-electron chi connectivity index (χ0n) is 15.0. The molecule has 0 aliphatic rings. The van der Waals surface area contributed by atoms with Gasteiger partial charge in [-0.25, -0.2) is 9.66 Å². The van der Waals surface area contributed by atoms with Gasteiger partial charge in [0, 0.05) is 5.56 Å². The standard InChI is InChI=1S/C20H18N4O3/c1-13-17(14(2)27-23-13)11-26-16-9-7-15(8-10-16)20(25)22-24-12-21-18-5-3-4-6-19(18)24/h3-10,12H,11H2,1-2H3,(H,22,25). The van der Waals surface area contributed by atoms with Crippen molar-refractivity contribution >= 4 is 16.9 Å². The van der Waals surface area contributed by atoms with E-state index in [9.17, 15) is 4.79 Å². The smallest absolute Gasteiger partial charge is 0.270 e. The molecule has 0 saturated carbocycles. The van der Waals surface area contributed by atoms with Gasteiger partial charge in [0.05, 0.1) is 22.3 Å². The summed E-state index contributed by atoms with van der Waals surface area (Å²) in [7, 11) is 0. The molecule has 1 N–H and O–H groups in total. The highest BCUT2D eigenvalue weighted by Crippen LogP contribution is 2.18. The lowest BCUT2D eigenvalue weighted by Crippen LogP contribution is -2.21. The maximum absolute atomic E-state index is 12.5. The Kier molecular flexibility index (Phi) is 4.33. The van der Waals surface area contributed by atoms with E-state index in [2.05, 4.69) is 15.6 Å². The first kappa shape index (κ1) is 16.8. The second-order valence-corrected chi connectivity index (χ2v) is 6.16. The predicted molar refractivity (Wildman–Crippen MR) is 100 cm³/mol. The molecular formula is C20H18N4O3. The fourth-order valence-corrected chi connectivity index (χ4v) is 2.79. The molecule has 0 atom stereocenters. The van der Waals surface area contributed by atoms with Crippen molar-refractivity contribution in [1.29, 1.82) is 0 Å². The van der Waals surface area contributed by atoms with Crippen molar-refractivity contribution in [2.24, 2.45) is 0 Å². The van der Waals surface area contributed by atoms with Crippen LogP contribution in [-0.2, 0) is 6.61 Å². The van der Waals surface area contributed by atoms with Crippen molar-refractivity contribution in [2.45, 2.75) is 20.5 Å². The van der Waals surface area contributed by atoms with E-state index in [1.54, 1.807) is 35.3 Å². The second-order valence-electron chi connectivity index (χ2n) is 6.16. The molecule has 4 aromatic rings. The topological polar surface area (TPSA) is 82.2 Å². The Labute approximate surface area is 155 Å². The van der Waals surface area contributed by atoms with Crippen LogP contribution >= 0.6 is 0 Å². The number of aromatic nitrogens is 3. The summed E-state index contributed by atoms with van der Waals surface area (Å²) in [5, 5.41) is 3.91. The molecule has 2 aromatic carbocycles. The van der Waals surface area contributed by atoms with Crippen LogP contribution < -0.4 is 10.2 Å². The minimum Gasteiger partial charge on any atom is -0.489 e. The highest BCUT2D eigenvalue weighted by Gasteiger charge is 2.11. The molecule has 0 unspecified atom stereocenters. The number of carbonyl (C=O) groups excluding carboxylic acids is 1. The number of aryl methyl sites for hydroxylation is 2. The Balaban J connectivity index is 1.43. The van der Waals surface area contributed by atoms with Gasteiger partial charge < -0.3 is 9.26 Å². The van der Waals surface area contributed by atoms with Gasteiger partial charge in [0.15, 0.2) is 0 Å². The van der Waals surface area contributed by atoms with E-state index in [1.807, 2.05) is 38.1 Å². The molecule has 0 radical (unpaired) electrons. The molecule has 0 spiro atoms. The second kappa shape index (κ2) is 6.95. The number of rotatable bonds is 5. The molecule has 0 aliphatic carbocycles. The van der Waals surface area contributed by atoms with Crippen molar-refractivity contribution < 1.29 is 14.1 Å². The summed E-state index contributed by atoms with van der Waals surface area (Å²) in [6.07, 6.45) is 1.59. The van der Waals surface area contributed by atoms with Gasteiger partial charge >= 0.3 is 0 Å². The van der Waals surface area contributed by atoms with Crippen LogP contribution in [0.5, 0.6) is 5.75 Å². The van der Waals surface area contributed by atoms with Crippen LogP contribution in [0.3, 0.4) is 0 Å². The Hall–Kier alpha value is -3.61. The van der Waals surface area contributed by atoms with Gasteiger partial charge in [-0.05, 0) is 50.2 Å². The molecule has 7 nitrogen and oxygen atoms in total. The van der Waals surface area contributed by atoms with Crippen molar-refractivity contribution in [3.8, 4) is 5.75 Å². The number of fused-ring (bicyclic) bond motifs is 1. The molecule has 0 bridgehead atoms. The predicted octanol–water partition coefficient (Wildman–Crippen LogP) is 3.60. The summed E-state index contributed by atoms with van der Waals surface area (Å²) in [6.45, 7) is 4.10. The van der Waals surface area contributed by atoms with Crippen molar-refractivity contribution in [2.75, 3.05) is 5.43 Å². The quantitative estimate of drug-likeness (QED) is 0.586. The lowest BCUT2D eigenvalue weighted by Gasteiger charge is -2.09. The van der Waals surface area contributed by atoms with Crippen LogP contribution in [-0.4, -0.2) is 20.7 Å². The fraction of sp³-hybridized carbons (Fsp3) is 0.150. The van der Waals surface area contributed by atoms with Gasteiger partial charge in [-0.15, -0.1) is 0 Å². The lowest BCUT2D eigenvalue weighted by molar-refractivity contribution is 0.101. The van der Waals surface area contributed by atoms with E-state index in [0.717, 1.165) is 28.1 Å². The summed E-state index contributed by atoms with van der Waals surface area (Å²) in [5.41, 5.74) is 6.76. The van der Waals surface area contributed by atoms with Crippen LogP contribution in [0.4, 0.5) is 0 Å². The first-order valence-electron chi connectivity index (χ1n) is 8.50. The van der Waals surface area contributed by atoms with Gasteiger partial charge in [-0.2, -0.15) is 0 Å². The zero-order chi connectivity index (χ0) is 18.8. The van der Waals surface area contributed by atoms with E-state index < -0.39 is 0 Å². The highest BCUT2D eigenvalue weighted by molar-refractivity contribution is 6.00. The van der Waals surface area contributed by atoms with E-state index in [4.69, 9.17) is 9.26 Å². The Morgan fingerprint density at radius 3 is 2.67 bits per heavy atom. The molecule has 2 heterocycles. The minimum absolute atomic E-state index is 0.226. The van der Waals surface area contributed by atoms with E-state index in [1.165, 1.54) is 0 Å². The van der Waals surface area contributed by atoms with Gasteiger partial charge in [-0.3, -0.25) is 10.2 Å². The van der Waals surface area contributed by atoms with Gasteiger partial charge in [-0.1, -0.05) is 17.3 Å². The molecule has 2 aromatic heterocycles.